The maximum Gasteiger partial charge on any atom is 0.243 e. The molecule has 0 radical (unpaired) electrons. The number of halogens is 1. The first-order chi connectivity index (χ1) is 11.1. The fraction of sp³-hybridized carbons (Fsp3) is 0.375. The number of carbonyl (C=O) groups excluding carboxylic acids is 1. The SMILES string of the molecule is CC(C(=O)Nc1nccs1)N1CCN(c2ccc(F)cc2)CC1. The van der Waals surface area contributed by atoms with Crippen LogP contribution in [-0.2, 0) is 4.79 Å². The minimum atomic E-state index is -0.222. The highest BCUT2D eigenvalue weighted by molar-refractivity contribution is 7.13. The van der Waals surface area contributed by atoms with Crippen molar-refractivity contribution < 1.29 is 9.18 Å². The van der Waals surface area contributed by atoms with Crippen molar-refractivity contribution >= 4 is 28.1 Å². The van der Waals surface area contributed by atoms with Crippen LogP contribution in [0.5, 0.6) is 0 Å². The number of benzene rings is 1. The van der Waals surface area contributed by atoms with Gasteiger partial charge < -0.3 is 10.2 Å². The highest BCUT2D eigenvalue weighted by Gasteiger charge is 2.26. The van der Waals surface area contributed by atoms with E-state index in [0.29, 0.717) is 5.13 Å². The van der Waals surface area contributed by atoms with E-state index in [1.807, 2.05) is 12.3 Å². The van der Waals surface area contributed by atoms with E-state index in [1.54, 1.807) is 18.3 Å². The molecule has 0 spiro atoms. The Morgan fingerprint density at radius 2 is 1.96 bits per heavy atom. The van der Waals surface area contributed by atoms with Gasteiger partial charge in [0.2, 0.25) is 5.91 Å². The number of nitrogens with zero attached hydrogens (tertiary/aromatic N) is 3. The lowest BCUT2D eigenvalue weighted by Gasteiger charge is -2.38. The minimum Gasteiger partial charge on any atom is -0.369 e. The molecule has 1 atom stereocenters. The topological polar surface area (TPSA) is 48.5 Å². The van der Waals surface area contributed by atoms with E-state index in [4.69, 9.17) is 0 Å². The summed E-state index contributed by atoms with van der Waals surface area (Å²) in [5.41, 5.74) is 1.02. The Morgan fingerprint density at radius 3 is 2.57 bits per heavy atom. The van der Waals surface area contributed by atoms with Crippen molar-refractivity contribution in [2.75, 3.05) is 36.4 Å². The summed E-state index contributed by atoms with van der Waals surface area (Å²) in [6.45, 7) is 5.14. The zero-order chi connectivity index (χ0) is 16.2. The second-order valence-corrected chi connectivity index (χ2v) is 6.40. The van der Waals surface area contributed by atoms with Gasteiger partial charge in [0.25, 0.3) is 0 Å². The Hall–Kier alpha value is -1.99. The van der Waals surface area contributed by atoms with Gasteiger partial charge in [0.15, 0.2) is 5.13 Å². The van der Waals surface area contributed by atoms with E-state index < -0.39 is 0 Å². The minimum absolute atomic E-state index is 0.0322. The molecule has 1 amide bonds. The molecule has 5 nitrogen and oxygen atoms in total. The summed E-state index contributed by atoms with van der Waals surface area (Å²) in [6, 6.07) is 6.35. The number of hydrogen-bond donors (Lipinski definition) is 1. The third-order valence-corrected chi connectivity index (χ3v) is 4.78. The third kappa shape index (κ3) is 3.86. The van der Waals surface area contributed by atoms with Crippen LogP contribution in [0.1, 0.15) is 6.92 Å². The van der Waals surface area contributed by atoms with Crippen LogP contribution in [0.2, 0.25) is 0 Å². The Balaban J connectivity index is 1.53. The molecule has 2 heterocycles. The quantitative estimate of drug-likeness (QED) is 0.933. The van der Waals surface area contributed by atoms with Crippen molar-refractivity contribution in [1.82, 2.24) is 9.88 Å². The lowest BCUT2D eigenvalue weighted by molar-refractivity contribution is -0.120. The molecule has 1 aliphatic rings. The molecule has 7 heteroatoms. The number of rotatable bonds is 4. The number of anilines is 2. The number of thiazole rings is 1. The van der Waals surface area contributed by atoms with Gasteiger partial charge >= 0.3 is 0 Å². The fourth-order valence-electron chi connectivity index (χ4n) is 2.68. The van der Waals surface area contributed by atoms with Crippen LogP contribution in [0.4, 0.5) is 15.2 Å². The molecular weight excluding hydrogens is 315 g/mol. The number of piperazine rings is 1. The van der Waals surface area contributed by atoms with Gasteiger partial charge in [-0.3, -0.25) is 9.69 Å². The van der Waals surface area contributed by atoms with Crippen LogP contribution >= 0.6 is 11.3 Å². The van der Waals surface area contributed by atoms with Crippen molar-refractivity contribution in [2.45, 2.75) is 13.0 Å². The van der Waals surface area contributed by atoms with Crippen LogP contribution < -0.4 is 10.2 Å². The molecule has 1 fully saturated rings. The van der Waals surface area contributed by atoms with E-state index in [9.17, 15) is 9.18 Å². The van der Waals surface area contributed by atoms with Gasteiger partial charge in [-0.25, -0.2) is 9.37 Å². The summed E-state index contributed by atoms with van der Waals surface area (Å²) in [4.78, 5) is 20.7. The van der Waals surface area contributed by atoms with Gasteiger partial charge in [-0.2, -0.15) is 0 Å². The summed E-state index contributed by atoms with van der Waals surface area (Å²) in [5, 5.41) is 5.31. The first-order valence-electron chi connectivity index (χ1n) is 7.58. The van der Waals surface area contributed by atoms with Gasteiger partial charge in [0.05, 0.1) is 6.04 Å². The standard InChI is InChI=1S/C16H19FN4OS/c1-12(15(22)19-16-18-6-11-23-16)20-7-9-21(10-8-20)14-4-2-13(17)3-5-14/h2-6,11-12H,7-10H2,1H3,(H,18,19,22). The molecule has 0 bridgehead atoms. The Bertz CT molecular complexity index is 639. The normalized spacial score (nSPS) is 17.0. The second-order valence-electron chi connectivity index (χ2n) is 5.50. The Morgan fingerprint density at radius 1 is 1.26 bits per heavy atom. The zero-order valence-corrected chi connectivity index (χ0v) is 13.7. The van der Waals surface area contributed by atoms with Gasteiger partial charge in [-0.05, 0) is 31.2 Å². The second kappa shape index (κ2) is 7.06. The monoisotopic (exact) mass is 334 g/mol. The summed E-state index contributed by atoms with van der Waals surface area (Å²) in [7, 11) is 0. The fourth-order valence-corrected chi connectivity index (χ4v) is 3.21. The molecular formula is C16H19FN4OS. The van der Waals surface area contributed by atoms with E-state index >= 15 is 0 Å². The average molecular weight is 334 g/mol. The molecule has 23 heavy (non-hydrogen) atoms. The molecule has 2 aromatic rings. The molecule has 1 aromatic carbocycles. The molecule has 122 valence electrons. The molecule has 0 saturated carbocycles. The predicted octanol–water partition coefficient (Wildman–Crippen LogP) is 2.43. The summed E-state index contributed by atoms with van der Waals surface area (Å²) >= 11 is 1.41. The number of carbonyl (C=O) groups is 1. The van der Waals surface area contributed by atoms with Crippen molar-refractivity contribution in [3.63, 3.8) is 0 Å². The maximum absolute atomic E-state index is 13.0. The molecule has 1 unspecified atom stereocenters. The van der Waals surface area contributed by atoms with Gasteiger partial charge in [-0.15, -0.1) is 11.3 Å². The number of aromatic nitrogens is 1. The molecule has 0 aliphatic carbocycles. The summed E-state index contributed by atoms with van der Waals surface area (Å²) < 4.78 is 13.0. The number of hydrogen-bond acceptors (Lipinski definition) is 5. The number of nitrogens with one attached hydrogen (secondary N) is 1. The van der Waals surface area contributed by atoms with E-state index in [1.165, 1.54) is 23.5 Å². The molecule has 3 rings (SSSR count). The van der Waals surface area contributed by atoms with Crippen molar-refractivity contribution in [3.05, 3.63) is 41.7 Å². The van der Waals surface area contributed by atoms with Gasteiger partial charge in [-0.1, -0.05) is 0 Å². The number of amides is 1. The lowest BCUT2D eigenvalue weighted by Crippen LogP contribution is -2.52. The maximum atomic E-state index is 13.0. The molecule has 1 aromatic heterocycles. The zero-order valence-electron chi connectivity index (χ0n) is 12.9. The van der Waals surface area contributed by atoms with Crippen molar-refractivity contribution in [2.24, 2.45) is 0 Å². The average Bonchev–Trinajstić information content (AvgIpc) is 3.08. The van der Waals surface area contributed by atoms with Gasteiger partial charge in [0, 0.05) is 43.4 Å². The Labute approximate surface area is 138 Å². The van der Waals surface area contributed by atoms with E-state index in [2.05, 4.69) is 20.1 Å². The largest absolute Gasteiger partial charge is 0.369 e. The van der Waals surface area contributed by atoms with E-state index in [-0.39, 0.29) is 17.8 Å². The first kappa shape index (κ1) is 15.9. The van der Waals surface area contributed by atoms with Crippen molar-refractivity contribution in [3.8, 4) is 0 Å². The van der Waals surface area contributed by atoms with Gasteiger partial charge in [0.1, 0.15) is 5.82 Å². The lowest BCUT2D eigenvalue weighted by atomic mass is 10.2. The molecule has 1 aliphatic heterocycles. The summed E-state index contributed by atoms with van der Waals surface area (Å²) in [5.74, 6) is -0.255. The van der Waals surface area contributed by atoms with Crippen LogP contribution in [0, 0.1) is 5.82 Å². The highest BCUT2D eigenvalue weighted by Crippen LogP contribution is 2.18. The highest BCUT2D eigenvalue weighted by atomic mass is 32.1. The smallest absolute Gasteiger partial charge is 0.243 e. The van der Waals surface area contributed by atoms with Crippen LogP contribution in [0.3, 0.4) is 0 Å². The van der Waals surface area contributed by atoms with Crippen molar-refractivity contribution in [1.29, 1.82) is 0 Å². The van der Waals surface area contributed by atoms with Crippen LogP contribution in [0.25, 0.3) is 0 Å². The van der Waals surface area contributed by atoms with Crippen LogP contribution in [0.15, 0.2) is 35.8 Å². The van der Waals surface area contributed by atoms with Crippen LogP contribution in [-0.4, -0.2) is 48.0 Å². The third-order valence-electron chi connectivity index (χ3n) is 4.10. The Kier molecular flexibility index (Phi) is 4.88. The van der Waals surface area contributed by atoms with E-state index in [0.717, 1.165) is 31.9 Å². The predicted molar refractivity (Wildman–Crippen MR) is 90.4 cm³/mol. The molecule has 1 saturated heterocycles. The molecule has 1 N–H and O–H groups in total. The first-order valence-corrected chi connectivity index (χ1v) is 8.46. The summed E-state index contributed by atoms with van der Waals surface area (Å²) in [6.07, 6.45) is 1.67.